The Bertz CT molecular complexity index is 4070. The van der Waals surface area contributed by atoms with Crippen molar-refractivity contribution in [3.05, 3.63) is 235 Å². The number of fused-ring (bicyclic) bond motifs is 7. The van der Waals surface area contributed by atoms with Crippen molar-refractivity contribution in [2.24, 2.45) is 0 Å². The third kappa shape index (κ3) is 8.76. The zero-order chi connectivity index (χ0) is 55.6. The molecule has 11 aromatic rings. The molecule has 13 rings (SSSR count). The predicted molar refractivity (Wildman–Crippen MR) is 343 cm³/mol. The standard InChI is InChI=1S/C76H71BN2O/c1-73(2,3)54-38-52(39-55(44-54)74(4,5)6)50-34-36-63-67(42-50)79(72-59(48-24-15-13-16-25-48)30-23-31-60(72)49-26-17-14-18-27-49)68-46-58(78-65-32-21-19-28-61(65)62-29-20-22-33-66(62)78)47-70-71(68)77(63)64-37-35-51(43-69(64)80-70)53-40-56(75(7,8)9)45-57(41-53)76(10,11)12/h13-47H,1-12H3. The van der Waals surface area contributed by atoms with Crippen LogP contribution in [0.15, 0.2) is 212 Å². The molecule has 0 saturated carbocycles. The minimum atomic E-state index is -0.147. The van der Waals surface area contributed by atoms with Gasteiger partial charge < -0.3 is 14.2 Å². The molecule has 0 radical (unpaired) electrons. The van der Waals surface area contributed by atoms with Crippen LogP contribution < -0.4 is 26.0 Å². The van der Waals surface area contributed by atoms with Crippen molar-refractivity contribution in [2.75, 3.05) is 4.90 Å². The van der Waals surface area contributed by atoms with Crippen LogP contribution in [0.3, 0.4) is 0 Å². The maximum atomic E-state index is 7.62. The highest BCUT2D eigenvalue weighted by molar-refractivity contribution is 6.99. The summed E-state index contributed by atoms with van der Waals surface area (Å²) in [6.45, 7) is 27.8. The van der Waals surface area contributed by atoms with Crippen LogP contribution in [-0.2, 0) is 21.7 Å². The summed E-state index contributed by atoms with van der Waals surface area (Å²) in [5.41, 5.74) is 24.8. The van der Waals surface area contributed by atoms with Gasteiger partial charge in [0.2, 0.25) is 0 Å². The predicted octanol–water partition coefficient (Wildman–Crippen LogP) is 19.0. The minimum absolute atomic E-state index is 0.0301. The van der Waals surface area contributed by atoms with Gasteiger partial charge in [0.05, 0.1) is 22.4 Å². The number of benzene rings is 10. The van der Waals surface area contributed by atoms with Crippen LogP contribution in [0.2, 0.25) is 0 Å². The molecular weight excluding hydrogens is 968 g/mol. The molecular formula is C76H71BN2O. The van der Waals surface area contributed by atoms with Gasteiger partial charge in [0.25, 0.3) is 6.71 Å². The molecule has 0 saturated heterocycles. The van der Waals surface area contributed by atoms with E-state index in [-0.39, 0.29) is 28.4 Å². The molecule has 0 atom stereocenters. The van der Waals surface area contributed by atoms with Crippen LogP contribution in [0.1, 0.15) is 105 Å². The van der Waals surface area contributed by atoms with E-state index in [0.717, 1.165) is 84.0 Å². The fourth-order valence-electron chi connectivity index (χ4n) is 12.5. The van der Waals surface area contributed by atoms with E-state index in [2.05, 4.69) is 305 Å². The van der Waals surface area contributed by atoms with Gasteiger partial charge in [-0.05, 0) is 124 Å². The lowest BCUT2D eigenvalue weighted by molar-refractivity contribution is 0.487. The number of hydrogen-bond donors (Lipinski definition) is 0. The summed E-state index contributed by atoms with van der Waals surface area (Å²) in [6, 6.07) is 80.1. The first-order valence-corrected chi connectivity index (χ1v) is 28.7. The number of para-hydroxylation sites is 3. The fourth-order valence-corrected chi connectivity index (χ4v) is 12.5. The maximum absolute atomic E-state index is 7.62. The van der Waals surface area contributed by atoms with E-state index >= 15 is 0 Å². The Morgan fingerprint density at radius 3 is 1.27 bits per heavy atom. The Morgan fingerprint density at radius 1 is 0.338 bits per heavy atom. The van der Waals surface area contributed by atoms with Crippen molar-refractivity contribution < 1.29 is 4.74 Å². The lowest BCUT2D eigenvalue weighted by atomic mass is 9.34. The second-order valence-electron chi connectivity index (χ2n) is 26.7. The highest BCUT2D eigenvalue weighted by atomic mass is 16.5. The van der Waals surface area contributed by atoms with Crippen LogP contribution >= 0.6 is 0 Å². The van der Waals surface area contributed by atoms with Crippen molar-refractivity contribution in [3.63, 3.8) is 0 Å². The molecule has 0 fully saturated rings. The summed E-state index contributed by atoms with van der Waals surface area (Å²) in [5.74, 6) is 1.74. The van der Waals surface area contributed by atoms with Crippen molar-refractivity contribution >= 4 is 62.0 Å². The van der Waals surface area contributed by atoms with E-state index in [1.807, 2.05) is 0 Å². The van der Waals surface area contributed by atoms with Gasteiger partial charge >= 0.3 is 0 Å². The molecule has 0 amide bonds. The zero-order valence-corrected chi connectivity index (χ0v) is 48.6. The van der Waals surface area contributed by atoms with Crippen LogP contribution in [-0.4, -0.2) is 11.3 Å². The molecule has 394 valence electrons. The van der Waals surface area contributed by atoms with Crippen molar-refractivity contribution in [3.8, 4) is 61.7 Å². The number of rotatable bonds is 6. The first-order chi connectivity index (χ1) is 38.2. The van der Waals surface area contributed by atoms with Gasteiger partial charge in [0, 0.05) is 39.3 Å². The molecule has 0 spiro atoms. The molecule has 3 nitrogen and oxygen atoms in total. The van der Waals surface area contributed by atoms with E-state index in [1.165, 1.54) is 55.2 Å². The fraction of sp³-hybridized carbons (Fsp3) is 0.211. The maximum Gasteiger partial charge on any atom is 0.256 e. The molecule has 0 N–H and O–H groups in total. The van der Waals surface area contributed by atoms with E-state index in [0.29, 0.717) is 0 Å². The first-order valence-electron chi connectivity index (χ1n) is 28.7. The van der Waals surface area contributed by atoms with Crippen LogP contribution in [0.4, 0.5) is 17.1 Å². The summed E-state index contributed by atoms with van der Waals surface area (Å²) < 4.78 is 10.1. The van der Waals surface area contributed by atoms with E-state index in [4.69, 9.17) is 4.74 Å². The molecule has 0 bridgehead atoms. The third-order valence-electron chi connectivity index (χ3n) is 17.0. The van der Waals surface area contributed by atoms with Crippen LogP contribution in [0.25, 0.3) is 72.0 Å². The molecule has 0 aliphatic carbocycles. The SMILES string of the molecule is CC(C)(C)c1cc(-c2ccc3c(c2)Oc2cc(-n4c5ccccc5c5ccccc54)cc4c2B3c2ccc(-c3cc(C(C)(C)C)cc(C(C)(C)C)c3)cc2N4c2c(-c3ccccc3)cccc2-c2ccccc2)cc(C(C)(C)C)c1. The normalized spacial score (nSPS) is 13.3. The number of anilines is 3. The second-order valence-corrected chi connectivity index (χ2v) is 26.7. The Morgan fingerprint density at radius 2 is 0.787 bits per heavy atom. The number of aromatic nitrogens is 1. The lowest BCUT2D eigenvalue weighted by Gasteiger charge is -2.42. The van der Waals surface area contributed by atoms with Gasteiger partial charge in [0.1, 0.15) is 11.5 Å². The van der Waals surface area contributed by atoms with Crippen LogP contribution in [0.5, 0.6) is 11.5 Å². The monoisotopic (exact) mass is 1040 g/mol. The largest absolute Gasteiger partial charge is 0.458 e. The molecule has 10 aromatic carbocycles. The van der Waals surface area contributed by atoms with E-state index in [1.54, 1.807) is 0 Å². The summed E-state index contributed by atoms with van der Waals surface area (Å²) in [6.07, 6.45) is 0. The molecule has 2 aliphatic heterocycles. The molecule has 4 heteroatoms. The molecule has 1 aromatic heterocycles. The molecule has 3 heterocycles. The van der Waals surface area contributed by atoms with Gasteiger partial charge in [-0.1, -0.05) is 259 Å². The Balaban J connectivity index is 1.15. The Hall–Kier alpha value is -8.34. The lowest BCUT2D eigenvalue weighted by Crippen LogP contribution is -2.59. The van der Waals surface area contributed by atoms with Gasteiger partial charge in [-0.3, -0.25) is 0 Å². The summed E-state index contributed by atoms with van der Waals surface area (Å²) >= 11 is 0. The van der Waals surface area contributed by atoms with E-state index in [9.17, 15) is 0 Å². The average molecular weight is 1040 g/mol. The van der Waals surface area contributed by atoms with Crippen LogP contribution in [0, 0.1) is 0 Å². The number of hydrogen-bond acceptors (Lipinski definition) is 2. The van der Waals surface area contributed by atoms with Crippen molar-refractivity contribution in [1.82, 2.24) is 4.57 Å². The molecule has 2 aliphatic rings. The molecule has 0 unspecified atom stereocenters. The van der Waals surface area contributed by atoms with Crippen molar-refractivity contribution in [2.45, 2.75) is 105 Å². The van der Waals surface area contributed by atoms with E-state index < -0.39 is 0 Å². The smallest absolute Gasteiger partial charge is 0.256 e. The number of ether oxygens (including phenoxy) is 1. The second kappa shape index (κ2) is 18.6. The first kappa shape index (κ1) is 51.1. The summed E-state index contributed by atoms with van der Waals surface area (Å²) in [5, 5.41) is 2.44. The minimum Gasteiger partial charge on any atom is -0.458 e. The third-order valence-corrected chi connectivity index (χ3v) is 17.0. The van der Waals surface area contributed by atoms with Crippen molar-refractivity contribution in [1.29, 1.82) is 0 Å². The highest BCUT2D eigenvalue weighted by Gasteiger charge is 2.44. The average Bonchev–Trinajstić information content (AvgIpc) is 3.77. The summed E-state index contributed by atoms with van der Waals surface area (Å²) in [7, 11) is 0. The topological polar surface area (TPSA) is 17.4 Å². The summed E-state index contributed by atoms with van der Waals surface area (Å²) in [4.78, 5) is 2.61. The quantitative estimate of drug-likeness (QED) is 0.154. The van der Waals surface area contributed by atoms with Gasteiger partial charge in [0.15, 0.2) is 0 Å². The Kier molecular flexibility index (Phi) is 11.9. The highest BCUT2D eigenvalue weighted by Crippen LogP contribution is 2.51. The van der Waals surface area contributed by atoms with Gasteiger partial charge in [-0.2, -0.15) is 0 Å². The Labute approximate surface area is 474 Å². The molecule has 80 heavy (non-hydrogen) atoms. The number of nitrogens with zero attached hydrogens (tertiary/aromatic N) is 2. The zero-order valence-electron chi connectivity index (χ0n) is 48.6. The van der Waals surface area contributed by atoms with Gasteiger partial charge in [-0.25, -0.2) is 0 Å². The van der Waals surface area contributed by atoms with Gasteiger partial charge in [-0.15, -0.1) is 0 Å².